The van der Waals surface area contributed by atoms with E-state index in [-0.39, 0.29) is 0 Å². The molecule has 1 heterocycles. The largest absolute Gasteiger partial charge is 0.373 e. The van der Waals surface area contributed by atoms with Gasteiger partial charge in [-0.2, -0.15) is 0 Å². The Labute approximate surface area is 75.1 Å². The monoisotopic (exact) mass is 172 g/mol. The van der Waals surface area contributed by atoms with E-state index in [0.29, 0.717) is 12.2 Å². The molecule has 0 bridgehead atoms. The topological polar surface area (TPSA) is 24.5 Å². The molecule has 1 N–H and O–H groups in total. The van der Waals surface area contributed by atoms with Gasteiger partial charge in [-0.3, -0.25) is 4.90 Å². The highest BCUT2D eigenvalue weighted by Gasteiger charge is 2.20. The van der Waals surface area contributed by atoms with Crippen LogP contribution in [-0.2, 0) is 4.74 Å². The molecule has 0 amide bonds. The van der Waals surface area contributed by atoms with Gasteiger partial charge in [0.1, 0.15) is 0 Å². The Bertz CT molecular complexity index is 120. The first-order valence-electron chi connectivity index (χ1n) is 4.74. The van der Waals surface area contributed by atoms with Crippen molar-refractivity contribution in [2.24, 2.45) is 0 Å². The number of ether oxygens (including phenoxy) is 1. The average Bonchev–Trinajstić information content (AvgIpc) is 1.99. The van der Waals surface area contributed by atoms with E-state index in [4.69, 9.17) is 4.74 Å². The quantitative estimate of drug-likeness (QED) is 0.663. The standard InChI is InChI=1S/C9H20N2O/c1-8-6-11(5-4-10-3)7-9(2)12-8/h8-10H,4-7H2,1-3H3/t8-,9+. The molecule has 2 atom stereocenters. The molecule has 0 aromatic rings. The molecule has 12 heavy (non-hydrogen) atoms. The second-order valence-electron chi connectivity index (χ2n) is 3.62. The first kappa shape index (κ1) is 9.96. The Morgan fingerprint density at radius 1 is 1.33 bits per heavy atom. The number of hydrogen-bond donors (Lipinski definition) is 1. The molecule has 0 unspecified atom stereocenters. The van der Waals surface area contributed by atoms with Crippen LogP contribution < -0.4 is 5.32 Å². The van der Waals surface area contributed by atoms with Gasteiger partial charge in [0.25, 0.3) is 0 Å². The van der Waals surface area contributed by atoms with Crippen molar-refractivity contribution in [3.8, 4) is 0 Å². The molecule has 0 aliphatic carbocycles. The molecular weight excluding hydrogens is 152 g/mol. The van der Waals surface area contributed by atoms with Crippen molar-refractivity contribution in [2.75, 3.05) is 33.2 Å². The van der Waals surface area contributed by atoms with Gasteiger partial charge in [-0.25, -0.2) is 0 Å². The van der Waals surface area contributed by atoms with Crippen LogP contribution in [0.3, 0.4) is 0 Å². The summed E-state index contributed by atoms with van der Waals surface area (Å²) in [5.74, 6) is 0. The number of morpholine rings is 1. The Hall–Kier alpha value is -0.120. The van der Waals surface area contributed by atoms with Crippen molar-refractivity contribution in [3.05, 3.63) is 0 Å². The summed E-state index contributed by atoms with van der Waals surface area (Å²) in [6.45, 7) is 8.64. The lowest BCUT2D eigenvalue weighted by molar-refractivity contribution is -0.0673. The fourth-order valence-electron chi connectivity index (χ4n) is 1.74. The minimum absolute atomic E-state index is 0.394. The SMILES string of the molecule is CNCCN1C[C@@H](C)O[C@@H](C)C1. The summed E-state index contributed by atoms with van der Waals surface area (Å²) in [4.78, 5) is 2.45. The molecule has 0 aromatic carbocycles. The third kappa shape index (κ3) is 3.09. The fourth-order valence-corrected chi connectivity index (χ4v) is 1.74. The lowest BCUT2D eigenvalue weighted by atomic mass is 10.2. The van der Waals surface area contributed by atoms with Gasteiger partial charge in [-0.05, 0) is 20.9 Å². The highest BCUT2D eigenvalue weighted by molar-refractivity contribution is 4.73. The van der Waals surface area contributed by atoms with Crippen LogP contribution in [0, 0.1) is 0 Å². The summed E-state index contributed by atoms with van der Waals surface area (Å²) in [6.07, 6.45) is 0.788. The van der Waals surface area contributed by atoms with Crippen LogP contribution in [0.2, 0.25) is 0 Å². The van der Waals surface area contributed by atoms with Crippen LogP contribution >= 0.6 is 0 Å². The van der Waals surface area contributed by atoms with E-state index in [1.165, 1.54) is 0 Å². The van der Waals surface area contributed by atoms with Crippen LogP contribution in [0.15, 0.2) is 0 Å². The van der Waals surface area contributed by atoms with E-state index in [1.54, 1.807) is 0 Å². The number of nitrogens with zero attached hydrogens (tertiary/aromatic N) is 1. The first-order valence-corrected chi connectivity index (χ1v) is 4.74. The minimum atomic E-state index is 0.394. The molecule has 1 aliphatic rings. The van der Waals surface area contributed by atoms with Gasteiger partial charge in [0.15, 0.2) is 0 Å². The van der Waals surface area contributed by atoms with Gasteiger partial charge < -0.3 is 10.1 Å². The summed E-state index contributed by atoms with van der Waals surface area (Å²) < 4.78 is 5.63. The molecule has 0 saturated carbocycles. The number of rotatable bonds is 3. The molecule has 0 radical (unpaired) electrons. The maximum Gasteiger partial charge on any atom is 0.0678 e. The summed E-state index contributed by atoms with van der Waals surface area (Å²) in [5, 5.41) is 3.16. The zero-order valence-electron chi connectivity index (χ0n) is 8.34. The number of hydrogen-bond acceptors (Lipinski definition) is 3. The van der Waals surface area contributed by atoms with Gasteiger partial charge in [0.05, 0.1) is 12.2 Å². The van der Waals surface area contributed by atoms with Crippen LogP contribution in [0.5, 0.6) is 0 Å². The highest BCUT2D eigenvalue weighted by atomic mass is 16.5. The van der Waals surface area contributed by atoms with E-state index >= 15 is 0 Å². The zero-order chi connectivity index (χ0) is 8.97. The van der Waals surface area contributed by atoms with Crippen LogP contribution in [0.25, 0.3) is 0 Å². The van der Waals surface area contributed by atoms with E-state index in [2.05, 4.69) is 24.1 Å². The van der Waals surface area contributed by atoms with Gasteiger partial charge in [0.2, 0.25) is 0 Å². The van der Waals surface area contributed by atoms with Crippen LogP contribution in [0.4, 0.5) is 0 Å². The van der Waals surface area contributed by atoms with Crippen molar-refractivity contribution in [3.63, 3.8) is 0 Å². The lowest BCUT2D eigenvalue weighted by Gasteiger charge is -2.35. The number of likely N-dealkylation sites (N-methyl/N-ethyl adjacent to an activating group) is 1. The van der Waals surface area contributed by atoms with E-state index < -0.39 is 0 Å². The summed E-state index contributed by atoms with van der Waals surface area (Å²) in [7, 11) is 1.99. The molecule has 72 valence electrons. The van der Waals surface area contributed by atoms with E-state index in [0.717, 1.165) is 26.2 Å². The van der Waals surface area contributed by atoms with Crippen molar-refractivity contribution in [2.45, 2.75) is 26.1 Å². The molecule has 0 aromatic heterocycles. The third-order valence-corrected chi connectivity index (χ3v) is 2.17. The third-order valence-electron chi connectivity index (χ3n) is 2.17. The lowest BCUT2D eigenvalue weighted by Crippen LogP contribution is -2.47. The predicted octanol–water partition coefficient (Wildman–Crippen LogP) is 0.315. The molecule has 3 nitrogen and oxygen atoms in total. The molecule has 1 saturated heterocycles. The maximum absolute atomic E-state index is 5.63. The molecule has 0 spiro atoms. The molecular formula is C9H20N2O. The molecule has 1 aliphatic heterocycles. The Morgan fingerprint density at radius 2 is 1.92 bits per heavy atom. The molecule has 1 fully saturated rings. The van der Waals surface area contributed by atoms with Gasteiger partial charge >= 0.3 is 0 Å². The number of nitrogens with one attached hydrogen (secondary N) is 1. The second kappa shape index (κ2) is 4.80. The Morgan fingerprint density at radius 3 is 2.42 bits per heavy atom. The molecule has 3 heteroatoms. The van der Waals surface area contributed by atoms with Crippen molar-refractivity contribution >= 4 is 0 Å². The van der Waals surface area contributed by atoms with E-state index in [1.807, 2.05) is 7.05 Å². The first-order chi connectivity index (χ1) is 5.72. The zero-order valence-corrected chi connectivity index (χ0v) is 8.34. The normalized spacial score (nSPS) is 32.2. The second-order valence-corrected chi connectivity index (χ2v) is 3.62. The van der Waals surface area contributed by atoms with Gasteiger partial charge in [-0.15, -0.1) is 0 Å². The Balaban J connectivity index is 2.24. The molecule has 1 rings (SSSR count). The fraction of sp³-hybridized carbons (Fsp3) is 1.00. The summed E-state index contributed by atoms with van der Waals surface area (Å²) in [6, 6.07) is 0. The van der Waals surface area contributed by atoms with Crippen LogP contribution in [-0.4, -0.2) is 50.3 Å². The van der Waals surface area contributed by atoms with Gasteiger partial charge in [-0.1, -0.05) is 0 Å². The highest BCUT2D eigenvalue weighted by Crippen LogP contribution is 2.09. The van der Waals surface area contributed by atoms with Crippen LogP contribution in [0.1, 0.15) is 13.8 Å². The maximum atomic E-state index is 5.63. The smallest absolute Gasteiger partial charge is 0.0678 e. The van der Waals surface area contributed by atoms with Gasteiger partial charge in [0, 0.05) is 26.2 Å². The predicted molar refractivity (Wildman–Crippen MR) is 50.4 cm³/mol. The van der Waals surface area contributed by atoms with E-state index in [9.17, 15) is 0 Å². The Kier molecular flexibility index (Phi) is 3.98. The van der Waals surface area contributed by atoms with Crippen molar-refractivity contribution in [1.82, 2.24) is 10.2 Å². The summed E-state index contributed by atoms with van der Waals surface area (Å²) >= 11 is 0. The average molecular weight is 172 g/mol. The minimum Gasteiger partial charge on any atom is -0.373 e. The van der Waals surface area contributed by atoms with Crippen molar-refractivity contribution in [1.29, 1.82) is 0 Å². The summed E-state index contributed by atoms with van der Waals surface area (Å²) in [5.41, 5.74) is 0. The van der Waals surface area contributed by atoms with Crippen molar-refractivity contribution < 1.29 is 4.74 Å².